The predicted octanol–water partition coefficient (Wildman–Crippen LogP) is 3.43. The Balaban J connectivity index is 1.79. The molecule has 2 heterocycles. The Bertz CT molecular complexity index is 819. The molecule has 0 bridgehead atoms. The van der Waals surface area contributed by atoms with E-state index in [0.717, 1.165) is 15.3 Å². The summed E-state index contributed by atoms with van der Waals surface area (Å²) >= 11 is 0. The molecule has 0 unspecified atom stereocenters. The number of rotatable bonds is 3. The maximum atomic E-state index is 13.2. The molecule has 126 valence electrons. The number of sulfonamides is 1. The summed E-state index contributed by atoms with van der Waals surface area (Å²) in [7, 11) is -4.60. The monoisotopic (exact) mass is 346 g/mol. The van der Waals surface area contributed by atoms with Gasteiger partial charge in [0.15, 0.2) is 0 Å². The SMILES string of the molecule is CC(F)(F)S(=O)(=O)N1CCC(c2c[nH]c3cc(F)ccc23)CC1. The van der Waals surface area contributed by atoms with Gasteiger partial charge < -0.3 is 4.98 Å². The molecular formula is C15H17F3N2O2S. The van der Waals surface area contributed by atoms with Crippen LogP contribution in [0.2, 0.25) is 0 Å². The van der Waals surface area contributed by atoms with Gasteiger partial charge in [-0.05, 0) is 42.5 Å². The second-order valence-corrected chi connectivity index (χ2v) is 8.10. The van der Waals surface area contributed by atoms with Gasteiger partial charge in [-0.2, -0.15) is 13.1 Å². The number of hydrogen-bond acceptors (Lipinski definition) is 2. The highest BCUT2D eigenvalue weighted by Crippen LogP contribution is 2.36. The van der Waals surface area contributed by atoms with Gasteiger partial charge in [-0.3, -0.25) is 0 Å². The van der Waals surface area contributed by atoms with E-state index in [1.165, 1.54) is 12.1 Å². The molecule has 0 radical (unpaired) electrons. The second-order valence-electron chi connectivity index (χ2n) is 5.92. The number of nitrogens with one attached hydrogen (secondary N) is 1. The fourth-order valence-corrected chi connectivity index (χ4v) is 4.24. The lowest BCUT2D eigenvalue weighted by Gasteiger charge is -2.32. The number of aromatic amines is 1. The first-order chi connectivity index (χ1) is 10.7. The van der Waals surface area contributed by atoms with Gasteiger partial charge in [0.2, 0.25) is 0 Å². The zero-order valence-electron chi connectivity index (χ0n) is 12.5. The summed E-state index contributed by atoms with van der Waals surface area (Å²) in [5, 5.41) is -2.88. The average Bonchev–Trinajstić information content (AvgIpc) is 2.89. The Kier molecular flexibility index (Phi) is 3.92. The van der Waals surface area contributed by atoms with Crippen molar-refractivity contribution in [3.63, 3.8) is 0 Å². The van der Waals surface area contributed by atoms with Crippen molar-refractivity contribution in [2.45, 2.75) is 30.9 Å². The molecule has 4 nitrogen and oxygen atoms in total. The molecule has 1 fully saturated rings. The van der Waals surface area contributed by atoms with Crippen molar-refractivity contribution in [1.82, 2.24) is 9.29 Å². The molecule has 0 amide bonds. The zero-order valence-corrected chi connectivity index (χ0v) is 13.3. The molecule has 0 aliphatic carbocycles. The van der Waals surface area contributed by atoms with Gasteiger partial charge in [0.25, 0.3) is 10.0 Å². The highest BCUT2D eigenvalue weighted by Gasteiger charge is 2.45. The summed E-state index contributed by atoms with van der Waals surface area (Å²) in [6.45, 7) is 0.525. The zero-order chi connectivity index (χ0) is 16.8. The van der Waals surface area contributed by atoms with E-state index in [2.05, 4.69) is 4.98 Å². The van der Waals surface area contributed by atoms with E-state index in [0.29, 0.717) is 25.3 Å². The van der Waals surface area contributed by atoms with Crippen LogP contribution in [0.5, 0.6) is 0 Å². The molecule has 3 rings (SSSR count). The van der Waals surface area contributed by atoms with Crippen LogP contribution in [0, 0.1) is 5.82 Å². The quantitative estimate of drug-likeness (QED) is 0.926. The fourth-order valence-electron chi connectivity index (χ4n) is 3.09. The molecule has 2 aromatic rings. The normalized spacial score (nSPS) is 18.6. The molecule has 1 aliphatic rings. The van der Waals surface area contributed by atoms with E-state index in [9.17, 15) is 21.6 Å². The van der Waals surface area contributed by atoms with Crippen molar-refractivity contribution in [1.29, 1.82) is 0 Å². The lowest BCUT2D eigenvalue weighted by molar-refractivity contribution is 0.102. The predicted molar refractivity (Wildman–Crippen MR) is 81.3 cm³/mol. The van der Waals surface area contributed by atoms with Crippen molar-refractivity contribution < 1.29 is 21.6 Å². The number of nitrogens with zero attached hydrogens (tertiary/aromatic N) is 1. The maximum absolute atomic E-state index is 13.2. The summed E-state index contributed by atoms with van der Waals surface area (Å²) in [4.78, 5) is 3.00. The average molecular weight is 346 g/mol. The van der Waals surface area contributed by atoms with Gasteiger partial charge in [-0.1, -0.05) is 0 Å². The Hall–Kier alpha value is -1.54. The van der Waals surface area contributed by atoms with Gasteiger partial charge in [0.1, 0.15) is 5.82 Å². The van der Waals surface area contributed by atoms with Crippen LogP contribution < -0.4 is 0 Å². The van der Waals surface area contributed by atoms with Crippen LogP contribution in [-0.2, 0) is 10.0 Å². The van der Waals surface area contributed by atoms with Gasteiger partial charge in [0, 0.05) is 37.1 Å². The molecule has 0 spiro atoms. The molecular weight excluding hydrogens is 329 g/mol. The van der Waals surface area contributed by atoms with Crippen LogP contribution in [0.1, 0.15) is 31.2 Å². The fraction of sp³-hybridized carbons (Fsp3) is 0.467. The molecule has 0 saturated carbocycles. The van der Waals surface area contributed by atoms with Crippen molar-refractivity contribution >= 4 is 20.9 Å². The molecule has 1 aromatic heterocycles. The summed E-state index contributed by atoms with van der Waals surface area (Å²) in [6.07, 6.45) is 2.70. The molecule has 0 atom stereocenters. The smallest absolute Gasteiger partial charge is 0.356 e. The maximum Gasteiger partial charge on any atom is 0.356 e. The minimum Gasteiger partial charge on any atom is -0.361 e. The first-order valence-corrected chi connectivity index (χ1v) is 8.78. The van der Waals surface area contributed by atoms with E-state index in [-0.39, 0.29) is 24.8 Å². The Morgan fingerprint density at radius 2 is 1.91 bits per heavy atom. The largest absolute Gasteiger partial charge is 0.361 e. The first-order valence-electron chi connectivity index (χ1n) is 7.34. The number of hydrogen-bond donors (Lipinski definition) is 1. The van der Waals surface area contributed by atoms with E-state index in [1.807, 2.05) is 0 Å². The molecule has 8 heteroatoms. The Morgan fingerprint density at radius 3 is 2.52 bits per heavy atom. The number of alkyl halides is 2. The van der Waals surface area contributed by atoms with Crippen molar-refractivity contribution in [3.8, 4) is 0 Å². The summed E-state index contributed by atoms with van der Waals surface area (Å²) < 4.78 is 64.1. The number of halogens is 3. The molecule has 1 saturated heterocycles. The van der Waals surface area contributed by atoms with Crippen LogP contribution in [-0.4, -0.2) is 36.1 Å². The number of piperidine rings is 1. The lowest BCUT2D eigenvalue weighted by atomic mass is 9.90. The van der Waals surface area contributed by atoms with Crippen LogP contribution in [0.15, 0.2) is 24.4 Å². The minimum atomic E-state index is -4.60. The third kappa shape index (κ3) is 2.85. The highest BCUT2D eigenvalue weighted by atomic mass is 32.2. The third-order valence-corrected chi connectivity index (χ3v) is 6.31. The van der Waals surface area contributed by atoms with Gasteiger partial charge >= 0.3 is 5.25 Å². The number of aromatic nitrogens is 1. The Labute approximate surface area is 132 Å². The molecule has 1 aromatic carbocycles. The van der Waals surface area contributed by atoms with Crippen LogP contribution in [0.25, 0.3) is 10.9 Å². The second kappa shape index (κ2) is 5.52. The van der Waals surface area contributed by atoms with Crippen LogP contribution in [0.3, 0.4) is 0 Å². The van der Waals surface area contributed by atoms with Crippen LogP contribution >= 0.6 is 0 Å². The number of benzene rings is 1. The first kappa shape index (κ1) is 16.3. The highest BCUT2D eigenvalue weighted by molar-refractivity contribution is 7.90. The van der Waals surface area contributed by atoms with E-state index in [4.69, 9.17) is 0 Å². The minimum absolute atomic E-state index is 0.0598. The van der Waals surface area contributed by atoms with Crippen molar-refractivity contribution in [2.24, 2.45) is 0 Å². The summed E-state index contributed by atoms with van der Waals surface area (Å²) in [6, 6.07) is 4.45. The van der Waals surface area contributed by atoms with Gasteiger partial charge in [-0.25, -0.2) is 12.8 Å². The molecule has 23 heavy (non-hydrogen) atoms. The van der Waals surface area contributed by atoms with Crippen molar-refractivity contribution in [2.75, 3.05) is 13.1 Å². The summed E-state index contributed by atoms with van der Waals surface area (Å²) in [5.41, 5.74) is 1.65. The van der Waals surface area contributed by atoms with E-state index in [1.54, 1.807) is 12.3 Å². The Morgan fingerprint density at radius 1 is 1.26 bits per heavy atom. The van der Waals surface area contributed by atoms with Crippen molar-refractivity contribution in [3.05, 3.63) is 35.8 Å². The molecule has 1 N–H and O–H groups in total. The standard InChI is InChI=1S/C15H17F3N2O2S/c1-15(17,18)23(21,22)20-6-4-10(5-7-20)13-9-19-14-8-11(16)2-3-12(13)14/h2-3,8-10,19H,4-7H2,1H3. The topological polar surface area (TPSA) is 53.2 Å². The number of H-pyrrole nitrogens is 1. The van der Waals surface area contributed by atoms with Gasteiger partial charge in [0.05, 0.1) is 0 Å². The lowest BCUT2D eigenvalue weighted by Crippen LogP contribution is -2.45. The summed E-state index contributed by atoms with van der Waals surface area (Å²) in [5.74, 6) is -0.275. The third-order valence-electron chi connectivity index (χ3n) is 4.36. The van der Waals surface area contributed by atoms with E-state index < -0.39 is 15.3 Å². The van der Waals surface area contributed by atoms with Crippen LogP contribution in [0.4, 0.5) is 13.2 Å². The van der Waals surface area contributed by atoms with Gasteiger partial charge in [-0.15, -0.1) is 0 Å². The van der Waals surface area contributed by atoms with E-state index >= 15 is 0 Å². The number of fused-ring (bicyclic) bond motifs is 1. The molecule has 1 aliphatic heterocycles.